The minimum Gasteiger partial charge on any atom is -0.495 e. The van der Waals surface area contributed by atoms with Gasteiger partial charge in [0.25, 0.3) is 0 Å². The van der Waals surface area contributed by atoms with Crippen molar-refractivity contribution in [1.82, 2.24) is 0 Å². The maximum Gasteiger partial charge on any atom is 0.141 e. The first kappa shape index (κ1) is 11.3. The van der Waals surface area contributed by atoms with E-state index in [1.54, 1.807) is 7.11 Å². The first-order valence-electron chi connectivity index (χ1n) is 5.80. The van der Waals surface area contributed by atoms with E-state index in [1.165, 1.54) is 0 Å². The minimum absolute atomic E-state index is 0.348. The van der Waals surface area contributed by atoms with Crippen LogP contribution in [-0.4, -0.2) is 25.9 Å². The summed E-state index contributed by atoms with van der Waals surface area (Å²) in [5.74, 6) is 0.904. The van der Waals surface area contributed by atoms with Crippen molar-refractivity contribution in [3.63, 3.8) is 0 Å². The zero-order valence-corrected chi connectivity index (χ0v) is 9.90. The highest BCUT2D eigenvalue weighted by atomic mass is 16.5. The number of hydrogen-bond acceptors (Lipinski definition) is 3. The Morgan fingerprint density at radius 1 is 1.38 bits per heavy atom. The third-order valence-corrected chi connectivity index (χ3v) is 2.95. The molecule has 2 rings (SSSR count). The summed E-state index contributed by atoms with van der Waals surface area (Å²) in [6.07, 6.45) is 2.46. The number of methoxy groups -OCH3 is 1. The average Bonchev–Trinajstić information content (AvgIpc) is 2.30. The lowest BCUT2D eigenvalue weighted by Gasteiger charge is -2.29. The van der Waals surface area contributed by atoms with Gasteiger partial charge in [0.15, 0.2) is 0 Å². The lowest BCUT2D eigenvalue weighted by atomic mass is 10.0. The number of rotatable bonds is 3. The van der Waals surface area contributed by atoms with E-state index >= 15 is 0 Å². The van der Waals surface area contributed by atoms with Gasteiger partial charge >= 0.3 is 0 Å². The topological polar surface area (TPSA) is 30.5 Å². The molecular weight excluding hydrogens is 202 g/mol. The fraction of sp³-hybridized carbons (Fsp3) is 0.538. The fourth-order valence-electron chi connectivity index (χ4n) is 2.11. The summed E-state index contributed by atoms with van der Waals surface area (Å²) in [7, 11) is 1.70. The van der Waals surface area contributed by atoms with Crippen LogP contribution in [0.2, 0.25) is 0 Å². The molecule has 0 bridgehead atoms. The highest BCUT2D eigenvalue weighted by molar-refractivity contribution is 5.56. The van der Waals surface area contributed by atoms with E-state index in [9.17, 15) is 0 Å². The maximum absolute atomic E-state index is 5.53. The summed E-state index contributed by atoms with van der Waals surface area (Å²) in [5.41, 5.74) is 1.07. The molecule has 3 nitrogen and oxygen atoms in total. The zero-order chi connectivity index (χ0) is 11.4. The molecule has 88 valence electrons. The van der Waals surface area contributed by atoms with Gasteiger partial charge in [-0.3, -0.25) is 0 Å². The molecule has 1 heterocycles. The smallest absolute Gasteiger partial charge is 0.141 e. The summed E-state index contributed by atoms with van der Waals surface area (Å²) in [6, 6.07) is 8.52. The number of hydrogen-bond donors (Lipinski definition) is 1. The van der Waals surface area contributed by atoms with Gasteiger partial charge in [0.05, 0.1) is 18.9 Å². The summed E-state index contributed by atoms with van der Waals surface area (Å²) in [4.78, 5) is 0. The van der Waals surface area contributed by atoms with Crippen molar-refractivity contribution in [2.45, 2.75) is 31.9 Å². The van der Waals surface area contributed by atoms with Gasteiger partial charge in [-0.2, -0.15) is 0 Å². The Balaban J connectivity index is 2.02. The van der Waals surface area contributed by atoms with Gasteiger partial charge in [-0.25, -0.2) is 0 Å². The summed E-state index contributed by atoms with van der Waals surface area (Å²) in [6.45, 7) is 2.96. The number of anilines is 1. The van der Waals surface area contributed by atoms with Crippen LogP contribution in [0.1, 0.15) is 19.8 Å². The van der Waals surface area contributed by atoms with Crippen LogP contribution in [-0.2, 0) is 4.74 Å². The van der Waals surface area contributed by atoms with E-state index < -0.39 is 0 Å². The van der Waals surface area contributed by atoms with Crippen LogP contribution in [0.25, 0.3) is 0 Å². The van der Waals surface area contributed by atoms with E-state index in [1.807, 2.05) is 18.2 Å². The second kappa shape index (κ2) is 5.21. The lowest BCUT2D eigenvalue weighted by molar-refractivity contribution is 0.0232. The quantitative estimate of drug-likeness (QED) is 0.851. The van der Waals surface area contributed by atoms with Crippen molar-refractivity contribution in [2.75, 3.05) is 19.0 Å². The van der Waals surface area contributed by atoms with Crippen molar-refractivity contribution in [2.24, 2.45) is 0 Å². The van der Waals surface area contributed by atoms with Crippen LogP contribution >= 0.6 is 0 Å². The molecule has 0 aliphatic carbocycles. The standard InChI is InChI=1S/C13H19NO2/c1-10-9-11(7-8-16-10)14-12-5-3-4-6-13(12)15-2/h3-6,10-11,14H,7-9H2,1-2H3. The zero-order valence-electron chi connectivity index (χ0n) is 9.90. The fourth-order valence-corrected chi connectivity index (χ4v) is 2.11. The van der Waals surface area contributed by atoms with E-state index in [2.05, 4.69) is 18.3 Å². The Morgan fingerprint density at radius 3 is 2.94 bits per heavy atom. The summed E-state index contributed by atoms with van der Waals surface area (Å²) in [5, 5.41) is 3.53. The van der Waals surface area contributed by atoms with Crippen LogP contribution in [0.5, 0.6) is 5.75 Å². The molecule has 0 radical (unpaired) electrons. The molecule has 1 aromatic carbocycles. The molecule has 3 heteroatoms. The Kier molecular flexibility index (Phi) is 3.67. The van der Waals surface area contributed by atoms with Gasteiger partial charge in [0, 0.05) is 12.6 Å². The molecule has 2 unspecified atom stereocenters. The molecule has 0 aromatic heterocycles. The Labute approximate surface area is 96.8 Å². The van der Waals surface area contributed by atoms with Crippen molar-refractivity contribution in [3.05, 3.63) is 24.3 Å². The largest absolute Gasteiger partial charge is 0.495 e. The van der Waals surface area contributed by atoms with Crippen LogP contribution < -0.4 is 10.1 Å². The van der Waals surface area contributed by atoms with Crippen LogP contribution in [0.15, 0.2) is 24.3 Å². The number of ether oxygens (including phenoxy) is 2. The van der Waals surface area contributed by atoms with Gasteiger partial charge in [-0.15, -0.1) is 0 Å². The molecule has 0 amide bonds. The molecule has 1 fully saturated rings. The van der Waals surface area contributed by atoms with E-state index in [4.69, 9.17) is 9.47 Å². The SMILES string of the molecule is COc1ccccc1NC1CCOC(C)C1. The van der Waals surface area contributed by atoms with Gasteiger partial charge in [0.1, 0.15) is 5.75 Å². The van der Waals surface area contributed by atoms with Crippen molar-refractivity contribution in [1.29, 1.82) is 0 Å². The van der Waals surface area contributed by atoms with Crippen LogP contribution in [0.3, 0.4) is 0 Å². The van der Waals surface area contributed by atoms with Gasteiger partial charge in [0.2, 0.25) is 0 Å². The molecule has 2 atom stereocenters. The molecule has 1 aromatic rings. The van der Waals surface area contributed by atoms with Crippen molar-refractivity contribution in [3.8, 4) is 5.75 Å². The second-order valence-electron chi connectivity index (χ2n) is 4.25. The maximum atomic E-state index is 5.53. The van der Waals surface area contributed by atoms with E-state index in [-0.39, 0.29) is 0 Å². The summed E-state index contributed by atoms with van der Waals surface area (Å²) < 4.78 is 10.9. The highest BCUT2D eigenvalue weighted by Crippen LogP contribution is 2.26. The monoisotopic (exact) mass is 221 g/mol. The van der Waals surface area contributed by atoms with Crippen molar-refractivity contribution >= 4 is 5.69 Å². The first-order chi connectivity index (χ1) is 7.79. The third kappa shape index (κ3) is 2.67. The van der Waals surface area contributed by atoms with E-state index in [0.29, 0.717) is 12.1 Å². The second-order valence-corrected chi connectivity index (χ2v) is 4.25. The normalized spacial score (nSPS) is 25.1. The first-order valence-corrected chi connectivity index (χ1v) is 5.80. The predicted molar refractivity (Wildman–Crippen MR) is 65.1 cm³/mol. The number of nitrogens with one attached hydrogen (secondary N) is 1. The molecule has 16 heavy (non-hydrogen) atoms. The number of para-hydroxylation sites is 2. The van der Waals surface area contributed by atoms with Gasteiger partial charge in [-0.05, 0) is 31.9 Å². The molecule has 0 saturated carbocycles. The molecule has 1 N–H and O–H groups in total. The van der Waals surface area contributed by atoms with Crippen molar-refractivity contribution < 1.29 is 9.47 Å². The number of benzene rings is 1. The van der Waals surface area contributed by atoms with E-state index in [0.717, 1.165) is 30.9 Å². The molecule has 1 aliphatic rings. The minimum atomic E-state index is 0.348. The average molecular weight is 221 g/mol. The van der Waals surface area contributed by atoms with Gasteiger partial charge in [-0.1, -0.05) is 12.1 Å². The molecule has 1 aliphatic heterocycles. The highest BCUT2D eigenvalue weighted by Gasteiger charge is 2.19. The van der Waals surface area contributed by atoms with Crippen LogP contribution in [0.4, 0.5) is 5.69 Å². The molecule has 0 spiro atoms. The third-order valence-electron chi connectivity index (χ3n) is 2.95. The van der Waals surface area contributed by atoms with Crippen LogP contribution in [0, 0.1) is 0 Å². The Morgan fingerprint density at radius 2 is 2.19 bits per heavy atom. The predicted octanol–water partition coefficient (Wildman–Crippen LogP) is 2.67. The van der Waals surface area contributed by atoms with Gasteiger partial charge < -0.3 is 14.8 Å². The molecular formula is C13H19NO2. The summed E-state index contributed by atoms with van der Waals surface area (Å²) >= 11 is 0. The molecule has 1 saturated heterocycles. The Hall–Kier alpha value is -1.22. The lowest BCUT2D eigenvalue weighted by Crippen LogP contribution is -2.32. The Bertz CT molecular complexity index is 340.